The van der Waals surface area contributed by atoms with E-state index < -0.39 is 0 Å². The zero-order valence-electron chi connectivity index (χ0n) is 16.3. The molecule has 0 unspecified atom stereocenters. The van der Waals surface area contributed by atoms with Crippen LogP contribution < -0.4 is 10.1 Å². The maximum Gasteiger partial charge on any atom is 0.225 e. The van der Waals surface area contributed by atoms with E-state index in [4.69, 9.17) is 9.47 Å². The predicted molar refractivity (Wildman–Crippen MR) is 102 cm³/mol. The highest BCUT2D eigenvalue weighted by Gasteiger charge is 2.40. The number of ether oxygens (including phenoxy) is 2. The predicted octanol–water partition coefficient (Wildman–Crippen LogP) is 2.54. The van der Waals surface area contributed by atoms with Crippen LogP contribution in [0.25, 0.3) is 0 Å². The van der Waals surface area contributed by atoms with Crippen molar-refractivity contribution in [3.8, 4) is 5.75 Å². The van der Waals surface area contributed by atoms with Gasteiger partial charge in [-0.1, -0.05) is 12.1 Å². The van der Waals surface area contributed by atoms with Crippen molar-refractivity contribution in [1.29, 1.82) is 0 Å². The Bertz CT molecular complexity index is 640. The Morgan fingerprint density at radius 3 is 2.56 bits per heavy atom. The van der Waals surface area contributed by atoms with Gasteiger partial charge < -0.3 is 19.7 Å². The standard InChI is InChI=1S/C21H30N2O4/c1-3-23-19(24)9-8-18(20(23)16-4-6-17(26-2)7-5-16)21(25)22-14-15-10-12-27-13-11-15/h4-7,15,18,20H,3,8-14H2,1-2H3,(H,22,25)/t18-,20+/m1/s1. The number of carbonyl (C=O) groups excluding carboxylic acids is 2. The van der Waals surface area contributed by atoms with Crippen molar-refractivity contribution in [1.82, 2.24) is 10.2 Å². The maximum absolute atomic E-state index is 13.0. The Labute approximate surface area is 161 Å². The highest BCUT2D eigenvalue weighted by atomic mass is 16.5. The molecule has 0 aliphatic carbocycles. The summed E-state index contributed by atoms with van der Waals surface area (Å²) in [6.07, 6.45) is 3.00. The van der Waals surface area contributed by atoms with Crippen LogP contribution >= 0.6 is 0 Å². The molecule has 0 spiro atoms. The first-order valence-electron chi connectivity index (χ1n) is 9.93. The molecule has 1 aromatic rings. The second-order valence-corrected chi connectivity index (χ2v) is 7.34. The number of hydrogen-bond donors (Lipinski definition) is 1. The summed E-state index contributed by atoms with van der Waals surface area (Å²) in [5.74, 6) is 1.19. The van der Waals surface area contributed by atoms with Crippen LogP contribution in [0.15, 0.2) is 24.3 Å². The van der Waals surface area contributed by atoms with E-state index >= 15 is 0 Å². The van der Waals surface area contributed by atoms with E-state index in [2.05, 4.69) is 5.32 Å². The Hall–Kier alpha value is -2.08. The van der Waals surface area contributed by atoms with Crippen molar-refractivity contribution < 1.29 is 19.1 Å². The minimum atomic E-state index is -0.226. The maximum atomic E-state index is 13.0. The second-order valence-electron chi connectivity index (χ2n) is 7.34. The fourth-order valence-corrected chi connectivity index (χ4v) is 4.14. The quantitative estimate of drug-likeness (QED) is 0.831. The minimum absolute atomic E-state index is 0.0493. The third-order valence-corrected chi connectivity index (χ3v) is 5.75. The van der Waals surface area contributed by atoms with Gasteiger partial charge in [-0.25, -0.2) is 0 Å². The van der Waals surface area contributed by atoms with Gasteiger partial charge in [0.15, 0.2) is 0 Å². The Morgan fingerprint density at radius 1 is 1.22 bits per heavy atom. The molecular formula is C21H30N2O4. The van der Waals surface area contributed by atoms with Gasteiger partial charge in [-0.2, -0.15) is 0 Å². The van der Waals surface area contributed by atoms with Crippen molar-refractivity contribution >= 4 is 11.8 Å². The summed E-state index contributed by atoms with van der Waals surface area (Å²) in [6, 6.07) is 7.47. The molecule has 1 N–H and O–H groups in total. The number of rotatable bonds is 6. The number of piperidine rings is 1. The van der Waals surface area contributed by atoms with Crippen molar-refractivity contribution in [2.45, 2.75) is 38.6 Å². The zero-order valence-corrected chi connectivity index (χ0v) is 16.3. The van der Waals surface area contributed by atoms with Crippen LogP contribution in [0, 0.1) is 11.8 Å². The molecule has 3 rings (SSSR count). The summed E-state index contributed by atoms with van der Waals surface area (Å²) in [4.78, 5) is 27.3. The number of benzene rings is 1. The summed E-state index contributed by atoms with van der Waals surface area (Å²) < 4.78 is 10.6. The number of amides is 2. The van der Waals surface area contributed by atoms with Gasteiger partial charge in [0, 0.05) is 32.7 Å². The average Bonchev–Trinajstić information content (AvgIpc) is 2.72. The lowest BCUT2D eigenvalue weighted by molar-refractivity contribution is -0.143. The van der Waals surface area contributed by atoms with E-state index in [1.165, 1.54) is 0 Å². The lowest BCUT2D eigenvalue weighted by Crippen LogP contribution is -2.48. The first-order chi connectivity index (χ1) is 13.1. The summed E-state index contributed by atoms with van der Waals surface area (Å²) in [5.41, 5.74) is 0.983. The van der Waals surface area contributed by atoms with Gasteiger partial charge >= 0.3 is 0 Å². The number of hydrogen-bond acceptors (Lipinski definition) is 4. The molecule has 2 amide bonds. The first-order valence-corrected chi connectivity index (χ1v) is 9.93. The van der Waals surface area contributed by atoms with E-state index in [0.29, 0.717) is 31.8 Å². The van der Waals surface area contributed by atoms with Gasteiger partial charge in [0.1, 0.15) is 5.75 Å². The lowest BCUT2D eigenvalue weighted by Gasteiger charge is -2.40. The molecule has 148 valence electrons. The molecule has 1 aromatic carbocycles. The molecule has 6 heteroatoms. The normalized spacial score (nSPS) is 23.9. The fraction of sp³-hybridized carbons (Fsp3) is 0.619. The van der Waals surface area contributed by atoms with Gasteiger partial charge in [0.05, 0.1) is 19.1 Å². The Morgan fingerprint density at radius 2 is 1.93 bits per heavy atom. The largest absolute Gasteiger partial charge is 0.497 e. The van der Waals surface area contributed by atoms with Crippen molar-refractivity contribution in [2.24, 2.45) is 11.8 Å². The van der Waals surface area contributed by atoms with Gasteiger partial charge in [0.2, 0.25) is 11.8 Å². The summed E-state index contributed by atoms with van der Waals surface area (Å²) >= 11 is 0. The average molecular weight is 374 g/mol. The number of nitrogens with one attached hydrogen (secondary N) is 1. The number of likely N-dealkylation sites (tertiary alicyclic amines) is 1. The summed E-state index contributed by atoms with van der Waals surface area (Å²) in [5, 5.41) is 3.15. The smallest absolute Gasteiger partial charge is 0.225 e. The zero-order chi connectivity index (χ0) is 19.2. The van der Waals surface area contributed by atoms with Gasteiger partial charge in [0.25, 0.3) is 0 Å². The minimum Gasteiger partial charge on any atom is -0.497 e. The van der Waals surface area contributed by atoms with Crippen molar-refractivity contribution in [2.75, 3.05) is 33.4 Å². The molecule has 27 heavy (non-hydrogen) atoms. The van der Waals surface area contributed by atoms with Crippen LogP contribution in [-0.2, 0) is 14.3 Å². The van der Waals surface area contributed by atoms with Crippen LogP contribution in [0.1, 0.15) is 44.2 Å². The summed E-state index contributed by atoms with van der Waals surface area (Å²) in [7, 11) is 1.63. The van der Waals surface area contributed by atoms with Crippen LogP contribution in [0.5, 0.6) is 5.75 Å². The van der Waals surface area contributed by atoms with E-state index in [9.17, 15) is 9.59 Å². The van der Waals surface area contributed by atoms with E-state index in [-0.39, 0.29) is 23.8 Å². The molecule has 2 aliphatic rings. The first kappa shape index (κ1) is 19.7. The van der Waals surface area contributed by atoms with Crippen LogP contribution in [0.4, 0.5) is 0 Å². The Balaban J connectivity index is 1.75. The van der Waals surface area contributed by atoms with Crippen molar-refractivity contribution in [3.63, 3.8) is 0 Å². The molecule has 0 saturated carbocycles. The molecule has 2 aliphatic heterocycles. The van der Waals surface area contributed by atoms with Crippen molar-refractivity contribution in [3.05, 3.63) is 29.8 Å². The number of methoxy groups -OCH3 is 1. The number of carbonyl (C=O) groups is 2. The molecule has 6 nitrogen and oxygen atoms in total. The molecule has 2 fully saturated rings. The molecule has 2 heterocycles. The number of nitrogens with zero attached hydrogens (tertiary/aromatic N) is 1. The highest BCUT2D eigenvalue weighted by Crippen LogP contribution is 2.37. The van der Waals surface area contributed by atoms with E-state index in [0.717, 1.165) is 37.4 Å². The highest BCUT2D eigenvalue weighted by molar-refractivity contribution is 5.85. The Kier molecular flexibility index (Phi) is 6.72. The molecular weight excluding hydrogens is 344 g/mol. The van der Waals surface area contributed by atoms with E-state index in [1.807, 2.05) is 36.1 Å². The summed E-state index contributed by atoms with van der Waals surface area (Å²) in [6.45, 7) is 4.80. The topological polar surface area (TPSA) is 67.9 Å². The third kappa shape index (κ3) is 4.61. The molecule has 0 aromatic heterocycles. The van der Waals surface area contributed by atoms with E-state index in [1.54, 1.807) is 7.11 Å². The molecule has 2 atom stereocenters. The van der Waals surface area contributed by atoms with Gasteiger partial charge in [-0.3, -0.25) is 9.59 Å². The monoisotopic (exact) mass is 374 g/mol. The lowest BCUT2D eigenvalue weighted by atomic mass is 9.83. The SMILES string of the molecule is CCN1C(=O)CC[C@@H](C(=O)NCC2CCOCC2)[C@@H]1c1ccc(OC)cc1. The van der Waals surface area contributed by atoms with Crippen LogP contribution in [-0.4, -0.2) is 50.1 Å². The molecule has 2 saturated heterocycles. The second kappa shape index (κ2) is 9.22. The van der Waals surface area contributed by atoms with Crippen LogP contribution in [0.2, 0.25) is 0 Å². The van der Waals surface area contributed by atoms with Gasteiger partial charge in [-0.05, 0) is 49.8 Å². The van der Waals surface area contributed by atoms with Crippen LogP contribution in [0.3, 0.4) is 0 Å². The third-order valence-electron chi connectivity index (χ3n) is 5.75. The molecule has 0 bridgehead atoms. The van der Waals surface area contributed by atoms with Gasteiger partial charge in [-0.15, -0.1) is 0 Å². The molecule has 0 radical (unpaired) electrons. The fourth-order valence-electron chi connectivity index (χ4n) is 4.14.